The molecule has 10 heteroatoms. The Bertz CT molecular complexity index is 1300. The van der Waals surface area contributed by atoms with Crippen molar-refractivity contribution in [2.24, 2.45) is 5.73 Å². The van der Waals surface area contributed by atoms with Gasteiger partial charge in [0.15, 0.2) is 0 Å². The van der Waals surface area contributed by atoms with Gasteiger partial charge in [-0.1, -0.05) is 6.07 Å². The molecule has 3 heterocycles. The predicted molar refractivity (Wildman–Crippen MR) is 114 cm³/mol. The molecule has 10 nitrogen and oxygen atoms in total. The lowest BCUT2D eigenvalue weighted by atomic mass is 9.77. The van der Waals surface area contributed by atoms with E-state index in [1.165, 1.54) is 0 Å². The van der Waals surface area contributed by atoms with Crippen molar-refractivity contribution in [3.8, 4) is 17.0 Å². The molecule has 1 aromatic carbocycles. The van der Waals surface area contributed by atoms with Gasteiger partial charge in [0.2, 0.25) is 11.8 Å². The summed E-state index contributed by atoms with van der Waals surface area (Å²) in [5, 5.41) is 7.85. The van der Waals surface area contributed by atoms with Crippen LogP contribution in [0, 0.1) is 0 Å². The van der Waals surface area contributed by atoms with Crippen LogP contribution in [-0.4, -0.2) is 49.4 Å². The molecule has 0 radical (unpaired) electrons. The van der Waals surface area contributed by atoms with E-state index in [0.717, 1.165) is 27.7 Å². The van der Waals surface area contributed by atoms with E-state index in [1.54, 1.807) is 24.0 Å². The van der Waals surface area contributed by atoms with Crippen LogP contribution in [0.3, 0.4) is 0 Å². The third-order valence-electron chi connectivity index (χ3n) is 5.49. The maximum Gasteiger partial charge on any atom is 0.405 e. The zero-order chi connectivity index (χ0) is 21.6. The number of benzene rings is 1. The first-order valence-electron chi connectivity index (χ1n) is 9.84. The van der Waals surface area contributed by atoms with Crippen molar-refractivity contribution in [2.75, 3.05) is 12.4 Å². The van der Waals surface area contributed by atoms with Gasteiger partial charge in [-0.3, -0.25) is 9.97 Å². The Kier molecular flexibility index (Phi) is 4.35. The Morgan fingerprint density at radius 1 is 1.23 bits per heavy atom. The zero-order valence-electron chi connectivity index (χ0n) is 17.1. The fourth-order valence-electron chi connectivity index (χ4n) is 4.15. The van der Waals surface area contributed by atoms with E-state index in [9.17, 15) is 4.79 Å². The van der Waals surface area contributed by atoms with Gasteiger partial charge in [-0.05, 0) is 30.7 Å². The van der Waals surface area contributed by atoms with Crippen molar-refractivity contribution in [1.82, 2.24) is 24.6 Å². The summed E-state index contributed by atoms with van der Waals surface area (Å²) in [6.07, 6.45) is 5.68. The minimum Gasteiger partial charge on any atom is -0.479 e. The molecule has 0 aliphatic heterocycles. The lowest BCUT2D eigenvalue weighted by Crippen LogP contribution is -2.52. The Balaban J connectivity index is 1.45. The molecular weight excluding hydrogens is 398 g/mol. The number of primary amides is 1. The lowest BCUT2D eigenvalue weighted by molar-refractivity contribution is -0.0352. The second-order valence-corrected chi connectivity index (χ2v) is 7.85. The van der Waals surface area contributed by atoms with Crippen LogP contribution in [0.5, 0.6) is 5.88 Å². The van der Waals surface area contributed by atoms with Crippen molar-refractivity contribution >= 4 is 28.6 Å². The van der Waals surface area contributed by atoms with Crippen LogP contribution in [0.1, 0.15) is 19.8 Å². The average Bonchev–Trinajstić information content (AvgIpc) is 3.15. The molecule has 0 spiro atoms. The summed E-state index contributed by atoms with van der Waals surface area (Å²) in [5.41, 5.74) is 8.87. The largest absolute Gasteiger partial charge is 0.479 e. The van der Waals surface area contributed by atoms with E-state index in [1.807, 2.05) is 37.4 Å². The average molecular weight is 419 g/mol. The van der Waals surface area contributed by atoms with Crippen LogP contribution >= 0.6 is 0 Å². The molecule has 4 aromatic rings. The number of anilines is 1. The van der Waals surface area contributed by atoms with Crippen LogP contribution in [0.4, 0.5) is 10.7 Å². The van der Waals surface area contributed by atoms with Crippen LogP contribution in [0.2, 0.25) is 0 Å². The quantitative estimate of drug-likeness (QED) is 0.505. The summed E-state index contributed by atoms with van der Waals surface area (Å²) in [6.45, 7) is 1.85. The van der Waals surface area contributed by atoms with Crippen LogP contribution < -0.4 is 15.8 Å². The molecule has 1 aliphatic carbocycles. The van der Waals surface area contributed by atoms with Gasteiger partial charge in [-0.25, -0.2) is 9.31 Å². The first kappa shape index (κ1) is 19.0. The van der Waals surface area contributed by atoms with Crippen LogP contribution in [0.25, 0.3) is 27.7 Å². The number of hydrogen-bond acceptors (Lipinski definition) is 8. The van der Waals surface area contributed by atoms with E-state index in [0.29, 0.717) is 24.7 Å². The molecule has 0 saturated heterocycles. The monoisotopic (exact) mass is 419 g/mol. The van der Waals surface area contributed by atoms with Gasteiger partial charge in [0.05, 0.1) is 18.1 Å². The number of methoxy groups -OCH3 is 1. The number of nitrogens with zero attached hydrogens (tertiary/aromatic N) is 5. The number of nitrogens with one attached hydrogen (secondary N) is 1. The van der Waals surface area contributed by atoms with Crippen molar-refractivity contribution in [2.45, 2.75) is 31.4 Å². The molecule has 1 aliphatic rings. The first-order chi connectivity index (χ1) is 14.9. The van der Waals surface area contributed by atoms with Crippen molar-refractivity contribution < 1.29 is 14.3 Å². The highest BCUT2D eigenvalue weighted by atomic mass is 16.6. The van der Waals surface area contributed by atoms with Gasteiger partial charge in [0.25, 0.3) is 0 Å². The summed E-state index contributed by atoms with van der Waals surface area (Å²) in [7, 11) is 1.58. The Morgan fingerprint density at radius 3 is 2.74 bits per heavy atom. The van der Waals surface area contributed by atoms with Gasteiger partial charge in [-0.2, -0.15) is 4.98 Å². The van der Waals surface area contributed by atoms with E-state index < -0.39 is 11.7 Å². The number of hydrogen-bond donors (Lipinski definition) is 2. The second-order valence-electron chi connectivity index (χ2n) is 7.85. The summed E-state index contributed by atoms with van der Waals surface area (Å²) in [6, 6.07) is 7.95. The van der Waals surface area contributed by atoms with E-state index in [4.69, 9.17) is 15.2 Å². The van der Waals surface area contributed by atoms with Crippen molar-refractivity contribution in [3.05, 3.63) is 42.9 Å². The highest BCUT2D eigenvalue weighted by Gasteiger charge is 2.44. The van der Waals surface area contributed by atoms with Gasteiger partial charge in [-0.15, -0.1) is 5.10 Å². The third kappa shape index (κ3) is 3.45. The molecule has 3 N–H and O–H groups in total. The number of nitrogens with two attached hydrogens (primary N) is 1. The van der Waals surface area contributed by atoms with Crippen molar-refractivity contribution in [1.29, 1.82) is 0 Å². The molecular formula is C21H21N7O3. The highest BCUT2D eigenvalue weighted by molar-refractivity contribution is 5.89. The topological polar surface area (TPSA) is 130 Å². The number of ether oxygens (including phenoxy) is 2. The Hall–Kier alpha value is -3.95. The molecule has 0 atom stereocenters. The standard InChI is InChI=1S/C21H21N7O3/c1-21(31-19(22)29)10-13(11-21)25-20-26-18(30-2)17-14(5-8-28(17)27-20)12-3-4-15-16(9-12)24-7-6-23-15/h3-9,13H,10-11H2,1-2H3,(H2,22,29)(H,25,27). The molecule has 1 fully saturated rings. The Morgan fingerprint density at radius 2 is 2.00 bits per heavy atom. The lowest BCUT2D eigenvalue weighted by Gasteiger charge is -2.43. The van der Waals surface area contributed by atoms with Crippen LogP contribution in [0.15, 0.2) is 42.9 Å². The number of carbonyl (C=O) groups is 1. The van der Waals surface area contributed by atoms with Crippen LogP contribution in [-0.2, 0) is 4.74 Å². The normalized spacial score (nSPS) is 20.4. The van der Waals surface area contributed by atoms with Crippen molar-refractivity contribution in [3.63, 3.8) is 0 Å². The molecule has 31 heavy (non-hydrogen) atoms. The molecule has 1 amide bonds. The first-order valence-corrected chi connectivity index (χ1v) is 9.84. The number of carbonyl (C=O) groups excluding carboxylic acids is 1. The molecule has 1 saturated carbocycles. The maximum atomic E-state index is 11.0. The number of rotatable bonds is 5. The van der Waals surface area contributed by atoms with Gasteiger partial charge < -0.3 is 20.5 Å². The fourth-order valence-corrected chi connectivity index (χ4v) is 4.15. The molecule has 5 rings (SSSR count). The third-order valence-corrected chi connectivity index (χ3v) is 5.49. The second kappa shape index (κ2) is 7.08. The van der Waals surface area contributed by atoms with Gasteiger partial charge in [0.1, 0.15) is 11.1 Å². The zero-order valence-corrected chi connectivity index (χ0v) is 17.1. The summed E-state index contributed by atoms with van der Waals surface area (Å²) in [4.78, 5) is 24.3. The van der Waals surface area contributed by atoms with E-state index in [-0.39, 0.29) is 6.04 Å². The highest BCUT2D eigenvalue weighted by Crippen LogP contribution is 2.38. The summed E-state index contributed by atoms with van der Waals surface area (Å²) < 4.78 is 12.5. The molecule has 158 valence electrons. The number of amides is 1. The molecule has 0 unspecified atom stereocenters. The summed E-state index contributed by atoms with van der Waals surface area (Å²) in [5.74, 6) is 0.884. The fraction of sp³-hybridized carbons (Fsp3) is 0.286. The number of fused-ring (bicyclic) bond motifs is 2. The molecule has 3 aromatic heterocycles. The molecule has 0 bridgehead atoms. The SMILES string of the molecule is COc1nc(NC2CC(C)(OC(N)=O)C2)nn2ccc(-c3ccc4nccnc4c3)c12. The van der Waals surface area contributed by atoms with Gasteiger partial charge >= 0.3 is 6.09 Å². The van der Waals surface area contributed by atoms with E-state index >= 15 is 0 Å². The minimum absolute atomic E-state index is 0.0700. The summed E-state index contributed by atoms with van der Waals surface area (Å²) >= 11 is 0. The predicted octanol–water partition coefficient (Wildman–Crippen LogP) is 2.78. The Labute approximate surface area is 177 Å². The van der Waals surface area contributed by atoms with E-state index in [2.05, 4.69) is 25.4 Å². The smallest absolute Gasteiger partial charge is 0.405 e. The minimum atomic E-state index is -0.764. The van der Waals surface area contributed by atoms with Gasteiger partial charge in [0, 0.05) is 43.0 Å². The number of aromatic nitrogens is 5. The maximum absolute atomic E-state index is 11.0.